The van der Waals surface area contributed by atoms with Crippen molar-refractivity contribution in [2.75, 3.05) is 16.8 Å². The van der Waals surface area contributed by atoms with E-state index in [1.54, 1.807) is 6.92 Å². The molecular weight excluding hydrogens is 478 g/mol. The predicted molar refractivity (Wildman–Crippen MR) is 125 cm³/mol. The van der Waals surface area contributed by atoms with Crippen molar-refractivity contribution in [1.82, 2.24) is 19.5 Å². The lowest BCUT2D eigenvalue weighted by Crippen LogP contribution is -2.37. The average molecular weight is 493 g/mol. The molecule has 0 saturated carbocycles. The van der Waals surface area contributed by atoms with E-state index in [1.807, 2.05) is 6.07 Å². The van der Waals surface area contributed by atoms with E-state index in [2.05, 4.69) is 32.4 Å². The number of anilines is 3. The Kier molecular flexibility index (Phi) is 5.15. The van der Waals surface area contributed by atoms with Crippen LogP contribution >= 0.6 is 11.6 Å². The van der Waals surface area contributed by atoms with E-state index in [-0.39, 0.29) is 56.1 Å². The molecule has 9 nitrogen and oxygen atoms in total. The molecule has 12 heteroatoms. The highest BCUT2D eigenvalue weighted by atomic mass is 35.5. The Morgan fingerprint density at radius 1 is 1.29 bits per heavy atom. The number of benzene rings is 1. The molecular formula is C23H15ClF2N8O. The van der Waals surface area contributed by atoms with E-state index in [4.69, 9.17) is 23.1 Å². The van der Waals surface area contributed by atoms with Crippen molar-refractivity contribution in [1.29, 1.82) is 5.26 Å². The van der Waals surface area contributed by atoms with Gasteiger partial charge in [0.05, 0.1) is 22.6 Å². The van der Waals surface area contributed by atoms with Crippen LogP contribution in [0.25, 0.3) is 16.6 Å². The van der Waals surface area contributed by atoms with Crippen LogP contribution in [0.3, 0.4) is 0 Å². The zero-order valence-corrected chi connectivity index (χ0v) is 18.8. The van der Waals surface area contributed by atoms with Crippen LogP contribution in [0.2, 0.25) is 5.02 Å². The van der Waals surface area contributed by atoms with Gasteiger partial charge in [-0.25, -0.2) is 13.8 Å². The van der Waals surface area contributed by atoms with Crippen LogP contribution in [-0.4, -0.2) is 19.5 Å². The summed E-state index contributed by atoms with van der Waals surface area (Å²) < 4.78 is 30.6. The van der Waals surface area contributed by atoms with Crippen molar-refractivity contribution in [3.8, 4) is 11.8 Å². The van der Waals surface area contributed by atoms with Crippen molar-refractivity contribution in [2.45, 2.75) is 25.3 Å². The van der Waals surface area contributed by atoms with Gasteiger partial charge in [0.15, 0.2) is 5.82 Å². The lowest BCUT2D eigenvalue weighted by atomic mass is 9.83. The van der Waals surface area contributed by atoms with Gasteiger partial charge in [-0.2, -0.15) is 15.2 Å². The number of fused-ring (bicyclic) bond motifs is 4. The second kappa shape index (κ2) is 8.08. The first kappa shape index (κ1) is 22.3. The molecule has 1 aliphatic rings. The van der Waals surface area contributed by atoms with E-state index in [9.17, 15) is 14.4 Å². The van der Waals surface area contributed by atoms with Gasteiger partial charge in [-0.3, -0.25) is 9.36 Å². The normalized spacial score (nSPS) is 16.2. The molecule has 0 spiro atoms. The Hall–Kier alpha value is -4.48. The number of hydrogen-bond acceptors (Lipinski definition) is 8. The maximum atomic E-state index is 15.2. The molecule has 2 unspecified atom stereocenters. The summed E-state index contributed by atoms with van der Waals surface area (Å²) in [7, 11) is 0. The summed E-state index contributed by atoms with van der Waals surface area (Å²) in [6, 6.07) is 9.58. The SMILES string of the molecule is CCC1c2c(F)cc(F)cc2-n2c(nc3cc#cc(Cl)c3c2=O)C1Nc1nc(N)nc(N)c1C#N. The number of halogens is 3. The molecule has 5 rings (SSSR count). The fraction of sp³-hybridized carbons (Fsp3) is 0.174. The van der Waals surface area contributed by atoms with Gasteiger partial charge in [-0.15, -0.1) is 0 Å². The fourth-order valence-electron chi connectivity index (χ4n) is 4.47. The maximum absolute atomic E-state index is 15.2. The quantitative estimate of drug-likeness (QED) is 0.394. The molecule has 0 amide bonds. The average Bonchev–Trinajstić information content (AvgIpc) is 2.79. The molecule has 3 heterocycles. The van der Waals surface area contributed by atoms with Gasteiger partial charge < -0.3 is 16.8 Å². The number of nitrogens with zero attached hydrogens (tertiary/aromatic N) is 5. The van der Waals surface area contributed by atoms with Crippen LogP contribution in [-0.2, 0) is 0 Å². The van der Waals surface area contributed by atoms with E-state index < -0.39 is 29.2 Å². The number of nitriles is 1. The summed E-state index contributed by atoms with van der Waals surface area (Å²) in [5.41, 5.74) is 11.2. The molecule has 2 atom stereocenters. The third kappa shape index (κ3) is 3.36. The summed E-state index contributed by atoms with van der Waals surface area (Å²) in [5, 5.41) is 12.7. The van der Waals surface area contributed by atoms with E-state index in [0.29, 0.717) is 6.42 Å². The van der Waals surface area contributed by atoms with E-state index >= 15 is 4.39 Å². The Morgan fingerprint density at radius 3 is 2.77 bits per heavy atom. The van der Waals surface area contributed by atoms with Crippen LogP contribution in [0.15, 0.2) is 23.0 Å². The number of hydrogen-bond donors (Lipinski definition) is 3. The summed E-state index contributed by atoms with van der Waals surface area (Å²) in [5.74, 6) is -2.57. The van der Waals surface area contributed by atoms with Gasteiger partial charge in [-0.1, -0.05) is 24.6 Å². The molecule has 1 aliphatic heterocycles. The Morgan fingerprint density at radius 2 is 2.06 bits per heavy atom. The molecule has 35 heavy (non-hydrogen) atoms. The predicted octanol–water partition coefficient (Wildman–Crippen LogP) is 3.40. The zero-order chi connectivity index (χ0) is 25.0. The van der Waals surface area contributed by atoms with Crippen LogP contribution < -0.4 is 22.3 Å². The van der Waals surface area contributed by atoms with Crippen molar-refractivity contribution < 1.29 is 8.78 Å². The van der Waals surface area contributed by atoms with Crippen LogP contribution in [0.1, 0.15) is 42.3 Å². The summed E-state index contributed by atoms with van der Waals surface area (Å²) >= 11 is 6.21. The van der Waals surface area contributed by atoms with Crippen LogP contribution in [0, 0.1) is 35.1 Å². The van der Waals surface area contributed by atoms with Crippen molar-refractivity contribution in [3.05, 3.63) is 74.3 Å². The third-order valence-electron chi connectivity index (χ3n) is 5.91. The summed E-state index contributed by atoms with van der Waals surface area (Å²) in [4.78, 5) is 26.1. The molecule has 2 aromatic carbocycles. The van der Waals surface area contributed by atoms with E-state index in [0.717, 1.165) is 16.7 Å². The van der Waals surface area contributed by atoms with Gasteiger partial charge in [0, 0.05) is 23.6 Å². The van der Waals surface area contributed by atoms with E-state index in [1.165, 1.54) is 6.07 Å². The number of nitrogens with one attached hydrogen (secondary N) is 1. The summed E-state index contributed by atoms with van der Waals surface area (Å²) in [6.07, 6.45) is 0.356. The van der Waals surface area contributed by atoms with Gasteiger partial charge in [-0.05, 0) is 18.6 Å². The minimum Gasteiger partial charge on any atom is -0.382 e. The number of nitrogens with two attached hydrogens (primary N) is 2. The largest absolute Gasteiger partial charge is 0.382 e. The molecule has 174 valence electrons. The lowest BCUT2D eigenvalue weighted by Gasteiger charge is -2.36. The standard InChI is InChI=1S/C23H15ClF2N8O/c1-2-10-16-13(26)6-9(25)7-15(16)34-21(30-14-5-3-4-12(24)17(14)22(34)35)18(10)31-20-11(8-27)19(28)32-23(29)33-20/h5-7,10,18H,2H2,1H3,(H5,28,29,31,32,33). The Labute approximate surface area is 202 Å². The minimum atomic E-state index is -0.895. The zero-order valence-electron chi connectivity index (χ0n) is 18.0. The van der Waals surface area contributed by atoms with Gasteiger partial charge >= 0.3 is 0 Å². The molecule has 5 N–H and O–H groups in total. The van der Waals surface area contributed by atoms with Crippen molar-refractivity contribution >= 4 is 40.1 Å². The topological polar surface area (TPSA) is 149 Å². The van der Waals surface area contributed by atoms with Gasteiger partial charge in [0.25, 0.3) is 5.56 Å². The lowest BCUT2D eigenvalue weighted by molar-refractivity contribution is 0.469. The second-order valence-corrected chi connectivity index (χ2v) is 8.24. The molecule has 0 bridgehead atoms. The first-order chi connectivity index (χ1) is 16.7. The molecule has 0 saturated heterocycles. The van der Waals surface area contributed by atoms with Gasteiger partial charge in [0.2, 0.25) is 5.95 Å². The number of rotatable bonds is 3. The Bertz CT molecular complexity index is 1630. The third-order valence-corrected chi connectivity index (χ3v) is 6.19. The minimum absolute atomic E-state index is 0.00733. The summed E-state index contributed by atoms with van der Waals surface area (Å²) in [6.45, 7) is 1.80. The van der Waals surface area contributed by atoms with Crippen LogP contribution in [0.4, 0.5) is 26.4 Å². The molecule has 2 aromatic heterocycles. The monoisotopic (exact) mass is 492 g/mol. The van der Waals surface area contributed by atoms with Crippen LogP contribution in [0.5, 0.6) is 0 Å². The highest BCUT2D eigenvalue weighted by molar-refractivity contribution is 6.34. The number of nitrogen functional groups attached to an aromatic ring is 2. The first-order valence-electron chi connectivity index (χ1n) is 10.4. The molecule has 0 radical (unpaired) electrons. The molecule has 0 aliphatic carbocycles. The highest BCUT2D eigenvalue weighted by Crippen LogP contribution is 2.44. The maximum Gasteiger partial charge on any atom is 0.268 e. The molecule has 4 aromatic rings. The van der Waals surface area contributed by atoms with Crippen molar-refractivity contribution in [2.24, 2.45) is 0 Å². The fourth-order valence-corrected chi connectivity index (χ4v) is 4.70. The second-order valence-electron chi connectivity index (χ2n) is 7.86. The smallest absolute Gasteiger partial charge is 0.268 e. The molecule has 0 fully saturated rings. The Balaban J connectivity index is 1.86. The first-order valence-corrected chi connectivity index (χ1v) is 10.8. The van der Waals surface area contributed by atoms with Crippen molar-refractivity contribution in [3.63, 3.8) is 0 Å². The van der Waals surface area contributed by atoms with Gasteiger partial charge in [0.1, 0.15) is 39.9 Å². The highest BCUT2D eigenvalue weighted by Gasteiger charge is 2.39. The number of aromatic nitrogens is 4.